The largest absolute Gasteiger partial charge is 0.490 e. The van der Waals surface area contributed by atoms with Crippen molar-refractivity contribution in [2.24, 2.45) is 0 Å². The lowest BCUT2D eigenvalue weighted by Crippen LogP contribution is -2.05. The monoisotopic (exact) mass is 185 g/mol. The Morgan fingerprint density at radius 1 is 1.14 bits per heavy atom. The van der Waals surface area contributed by atoms with Crippen LogP contribution in [0.15, 0.2) is 36.4 Å². The highest BCUT2D eigenvalue weighted by Gasteiger charge is 2.02. The van der Waals surface area contributed by atoms with E-state index in [1.807, 2.05) is 38.1 Å². The number of ether oxygens (including phenoxy) is 1. The van der Waals surface area contributed by atoms with Crippen LogP contribution in [0.3, 0.4) is 0 Å². The standard InChI is InChI=1S/C13H13O/c1-10(2)14-13-9-5-7-11-6-3-4-8-12(11)13/h3-8,10H,1-2H3. The van der Waals surface area contributed by atoms with Crippen LogP contribution >= 0.6 is 0 Å². The fourth-order valence-electron chi connectivity index (χ4n) is 1.47. The summed E-state index contributed by atoms with van der Waals surface area (Å²) in [6.07, 6.45) is 0.192. The van der Waals surface area contributed by atoms with E-state index in [0.29, 0.717) is 0 Å². The first kappa shape index (κ1) is 9.07. The van der Waals surface area contributed by atoms with Gasteiger partial charge in [0, 0.05) is 11.5 Å². The predicted molar refractivity (Wildman–Crippen MR) is 58.5 cm³/mol. The summed E-state index contributed by atoms with van der Waals surface area (Å²) >= 11 is 0. The molecule has 14 heavy (non-hydrogen) atoms. The molecule has 0 unspecified atom stereocenters. The molecule has 0 amide bonds. The molecule has 2 aromatic carbocycles. The van der Waals surface area contributed by atoms with Gasteiger partial charge in [-0.3, -0.25) is 0 Å². The number of rotatable bonds is 2. The van der Waals surface area contributed by atoms with Crippen molar-refractivity contribution in [1.29, 1.82) is 0 Å². The Morgan fingerprint density at radius 2 is 1.93 bits per heavy atom. The van der Waals surface area contributed by atoms with Crippen molar-refractivity contribution in [2.45, 2.75) is 20.0 Å². The first-order valence-corrected chi connectivity index (χ1v) is 4.83. The molecule has 0 spiro atoms. The van der Waals surface area contributed by atoms with Crippen molar-refractivity contribution in [1.82, 2.24) is 0 Å². The Morgan fingerprint density at radius 3 is 2.71 bits per heavy atom. The molecule has 0 N–H and O–H groups in total. The maximum atomic E-state index is 5.67. The molecule has 71 valence electrons. The summed E-state index contributed by atoms with van der Waals surface area (Å²) in [5, 5.41) is 2.32. The van der Waals surface area contributed by atoms with E-state index < -0.39 is 0 Å². The zero-order valence-electron chi connectivity index (χ0n) is 8.45. The number of fused-ring (bicyclic) bond motifs is 1. The first-order chi connectivity index (χ1) is 6.77. The summed E-state index contributed by atoms with van der Waals surface area (Å²) < 4.78 is 5.67. The lowest BCUT2D eigenvalue weighted by molar-refractivity contribution is 0.245. The number of benzene rings is 2. The van der Waals surface area contributed by atoms with Crippen LogP contribution in [-0.2, 0) is 0 Å². The van der Waals surface area contributed by atoms with Gasteiger partial charge in [0.15, 0.2) is 0 Å². The van der Waals surface area contributed by atoms with Crippen molar-refractivity contribution in [3.63, 3.8) is 0 Å². The van der Waals surface area contributed by atoms with Crippen LogP contribution in [0.5, 0.6) is 5.75 Å². The van der Waals surface area contributed by atoms with Crippen molar-refractivity contribution in [3.8, 4) is 5.75 Å². The minimum atomic E-state index is 0.192. The molecular formula is C13H13O. The molecule has 0 atom stereocenters. The Balaban J connectivity index is 2.53. The minimum Gasteiger partial charge on any atom is -0.490 e. The molecule has 0 aliphatic heterocycles. The maximum absolute atomic E-state index is 5.67. The second-order valence-corrected chi connectivity index (χ2v) is 3.56. The molecule has 0 aliphatic rings. The number of hydrogen-bond donors (Lipinski definition) is 0. The average Bonchev–Trinajstić information content (AvgIpc) is 2.18. The van der Waals surface area contributed by atoms with Gasteiger partial charge in [-0.1, -0.05) is 30.3 Å². The van der Waals surface area contributed by atoms with Gasteiger partial charge in [0.05, 0.1) is 6.10 Å². The van der Waals surface area contributed by atoms with Gasteiger partial charge in [0.2, 0.25) is 0 Å². The molecule has 0 aromatic heterocycles. The van der Waals surface area contributed by atoms with Crippen LogP contribution in [-0.4, -0.2) is 6.10 Å². The van der Waals surface area contributed by atoms with Crippen molar-refractivity contribution < 1.29 is 4.74 Å². The summed E-state index contributed by atoms with van der Waals surface area (Å²) in [6, 6.07) is 15.3. The lowest BCUT2D eigenvalue weighted by atomic mass is 10.1. The van der Waals surface area contributed by atoms with E-state index in [0.717, 1.165) is 11.1 Å². The zero-order chi connectivity index (χ0) is 9.97. The molecule has 0 aliphatic carbocycles. The molecule has 0 saturated heterocycles. The van der Waals surface area contributed by atoms with Gasteiger partial charge in [-0.15, -0.1) is 0 Å². The lowest BCUT2D eigenvalue weighted by Gasteiger charge is -2.11. The molecule has 1 heteroatoms. The van der Waals surface area contributed by atoms with E-state index >= 15 is 0 Å². The second kappa shape index (κ2) is 3.70. The molecule has 2 aromatic rings. The van der Waals surface area contributed by atoms with Gasteiger partial charge < -0.3 is 4.74 Å². The van der Waals surface area contributed by atoms with Crippen molar-refractivity contribution in [2.75, 3.05) is 0 Å². The van der Waals surface area contributed by atoms with Crippen molar-refractivity contribution >= 4 is 10.8 Å². The topological polar surface area (TPSA) is 9.23 Å². The van der Waals surface area contributed by atoms with E-state index in [4.69, 9.17) is 4.74 Å². The molecular weight excluding hydrogens is 172 g/mol. The quantitative estimate of drug-likeness (QED) is 0.696. The second-order valence-electron chi connectivity index (χ2n) is 3.56. The Kier molecular flexibility index (Phi) is 2.40. The summed E-state index contributed by atoms with van der Waals surface area (Å²) in [7, 11) is 0. The van der Waals surface area contributed by atoms with Gasteiger partial charge in [0.25, 0.3) is 0 Å². The van der Waals surface area contributed by atoms with E-state index in [1.54, 1.807) is 0 Å². The highest BCUT2D eigenvalue weighted by molar-refractivity contribution is 5.87. The van der Waals surface area contributed by atoms with Gasteiger partial charge >= 0.3 is 0 Å². The predicted octanol–water partition coefficient (Wildman–Crippen LogP) is 3.43. The molecule has 0 fully saturated rings. The fourth-order valence-corrected chi connectivity index (χ4v) is 1.47. The normalized spacial score (nSPS) is 10.8. The van der Waals surface area contributed by atoms with Gasteiger partial charge in [-0.2, -0.15) is 0 Å². The summed E-state index contributed by atoms with van der Waals surface area (Å²) in [5.41, 5.74) is 0. The average molecular weight is 185 g/mol. The van der Waals surface area contributed by atoms with E-state index in [1.165, 1.54) is 5.39 Å². The van der Waals surface area contributed by atoms with E-state index in [9.17, 15) is 0 Å². The van der Waals surface area contributed by atoms with Gasteiger partial charge in [-0.25, -0.2) is 0 Å². The molecule has 1 radical (unpaired) electrons. The first-order valence-electron chi connectivity index (χ1n) is 4.83. The maximum Gasteiger partial charge on any atom is 0.135 e. The molecule has 0 heterocycles. The third-order valence-electron chi connectivity index (χ3n) is 2.04. The van der Waals surface area contributed by atoms with Crippen LogP contribution in [0.25, 0.3) is 10.8 Å². The summed E-state index contributed by atoms with van der Waals surface area (Å²) in [5.74, 6) is 0.845. The Hall–Kier alpha value is -1.50. The smallest absolute Gasteiger partial charge is 0.135 e. The number of hydrogen-bond acceptors (Lipinski definition) is 1. The highest BCUT2D eigenvalue weighted by Crippen LogP contribution is 2.25. The van der Waals surface area contributed by atoms with Gasteiger partial charge in [0.1, 0.15) is 5.75 Å². The summed E-state index contributed by atoms with van der Waals surface area (Å²) in [6.45, 7) is 4.05. The Labute approximate surface area is 84.3 Å². The summed E-state index contributed by atoms with van der Waals surface area (Å²) in [4.78, 5) is 0. The molecule has 0 bridgehead atoms. The van der Waals surface area contributed by atoms with Crippen LogP contribution in [0.2, 0.25) is 0 Å². The zero-order valence-corrected chi connectivity index (χ0v) is 8.45. The molecule has 1 nitrogen and oxygen atoms in total. The third kappa shape index (κ3) is 1.72. The SMILES string of the molecule is CC(C)Oc1[c]ccc2ccccc12. The fraction of sp³-hybridized carbons (Fsp3) is 0.231. The van der Waals surface area contributed by atoms with Crippen LogP contribution in [0.1, 0.15) is 13.8 Å². The van der Waals surface area contributed by atoms with Crippen molar-refractivity contribution in [3.05, 3.63) is 42.5 Å². The third-order valence-corrected chi connectivity index (χ3v) is 2.04. The van der Waals surface area contributed by atoms with Crippen LogP contribution in [0, 0.1) is 6.07 Å². The Bertz CT molecular complexity index is 427. The van der Waals surface area contributed by atoms with Crippen LogP contribution in [0.4, 0.5) is 0 Å². The van der Waals surface area contributed by atoms with E-state index in [-0.39, 0.29) is 6.10 Å². The van der Waals surface area contributed by atoms with Crippen LogP contribution < -0.4 is 4.74 Å². The van der Waals surface area contributed by atoms with E-state index in [2.05, 4.69) is 18.2 Å². The highest BCUT2D eigenvalue weighted by atomic mass is 16.5. The van der Waals surface area contributed by atoms with Gasteiger partial charge in [-0.05, 0) is 25.3 Å². The molecule has 2 rings (SSSR count). The minimum absolute atomic E-state index is 0.192. The molecule has 0 saturated carbocycles.